The number of quaternary nitrogens is 2. The van der Waals surface area contributed by atoms with E-state index in [1.165, 1.54) is 219 Å². The van der Waals surface area contributed by atoms with Crippen molar-refractivity contribution in [3.63, 3.8) is 0 Å². The number of fused-ring (bicyclic) bond motifs is 10. The molecule has 8 aliphatic rings. The highest BCUT2D eigenvalue weighted by molar-refractivity contribution is 5.27. The lowest BCUT2D eigenvalue weighted by molar-refractivity contribution is -0.891. The van der Waals surface area contributed by atoms with Gasteiger partial charge in [0.25, 0.3) is 0 Å². The molecule has 0 spiro atoms. The Bertz CT molecular complexity index is 1760. The van der Waals surface area contributed by atoms with Gasteiger partial charge in [0.1, 0.15) is 13.1 Å². The largest absolute Gasteiger partial charge is 0.372 e. The van der Waals surface area contributed by atoms with Gasteiger partial charge in [-0.05, 0) is 221 Å². The molecule has 0 heterocycles. The highest BCUT2D eigenvalue weighted by Crippen LogP contribution is 2.69. The number of rotatable bonds is 31. The molecule has 4 nitrogen and oxygen atoms in total. The van der Waals surface area contributed by atoms with Crippen molar-refractivity contribution in [2.45, 2.75) is 287 Å². The summed E-state index contributed by atoms with van der Waals surface area (Å²) in [6.07, 6.45) is 51.4. The van der Waals surface area contributed by atoms with Gasteiger partial charge in [-0.3, -0.25) is 0 Å². The zero-order chi connectivity index (χ0) is 55.9. The molecule has 8 rings (SSSR count). The quantitative estimate of drug-likeness (QED) is 0.0391. The predicted octanol–water partition coefficient (Wildman–Crippen LogP) is 19.9. The monoisotopic (exact) mass is 1080 g/mol. The summed E-state index contributed by atoms with van der Waals surface area (Å²) in [5.74, 6) is 11.0. The first-order chi connectivity index (χ1) is 37.1. The Morgan fingerprint density at radius 3 is 1.17 bits per heavy atom. The van der Waals surface area contributed by atoms with Gasteiger partial charge in [0.15, 0.2) is 0 Å². The Labute approximate surface area is 486 Å². The van der Waals surface area contributed by atoms with Gasteiger partial charge in [-0.2, -0.15) is 0 Å². The van der Waals surface area contributed by atoms with Crippen LogP contribution in [0.5, 0.6) is 0 Å². The summed E-state index contributed by atoms with van der Waals surface area (Å²) in [4.78, 5) is 0. The van der Waals surface area contributed by atoms with Gasteiger partial charge in [0, 0.05) is 0 Å². The standard InChI is InChI=1S/C74H134N2O2/c1-55(2)27-25-29-57(5)65-35-37-67-63-33-31-59-53-61(39-43-71(59,7)69(63)41-45-73(65,67)9)77-51-49-75(11,12)47-23-21-19-17-15-16-18-20-22-24-48-76(13,14)50-52-78-62-40-44-72(8)60(54-62)32-34-64-68-38-36-66(58(6)30-26-28-56(3)4)74(68,10)46-42-70(64)72/h31-32,55-58,61-70H,15-30,33-54H2,1-14H3/q+2/t57-,58-,61+,62+,63+,64+,65-,66-,67+,68+,69+,70+,71+,72+,73-,74-/m1/s1. The van der Waals surface area contributed by atoms with E-state index >= 15 is 0 Å². The van der Waals surface area contributed by atoms with E-state index in [1.807, 2.05) is 0 Å². The minimum atomic E-state index is 0.425. The Morgan fingerprint density at radius 2 is 0.795 bits per heavy atom. The number of unbranched alkanes of at least 4 members (excludes halogenated alkanes) is 9. The molecule has 0 aromatic heterocycles. The molecule has 0 saturated heterocycles. The Morgan fingerprint density at radius 1 is 0.423 bits per heavy atom. The number of hydrogen-bond acceptors (Lipinski definition) is 2. The van der Waals surface area contributed by atoms with Crippen LogP contribution in [0.2, 0.25) is 0 Å². The van der Waals surface area contributed by atoms with Crippen molar-refractivity contribution >= 4 is 0 Å². The van der Waals surface area contributed by atoms with E-state index in [0.717, 1.165) is 106 Å². The zero-order valence-corrected chi connectivity index (χ0v) is 54.8. The van der Waals surface area contributed by atoms with Crippen LogP contribution in [0.1, 0.15) is 275 Å². The predicted molar refractivity (Wildman–Crippen MR) is 335 cm³/mol. The summed E-state index contributed by atoms with van der Waals surface area (Å²) in [6, 6.07) is 0. The Kier molecular flexibility index (Phi) is 22.4. The highest BCUT2D eigenvalue weighted by atomic mass is 16.5. The fraction of sp³-hybridized carbons (Fsp3) is 0.946. The second-order valence-electron chi connectivity index (χ2n) is 33.4. The maximum absolute atomic E-state index is 6.77. The maximum atomic E-state index is 6.77. The third-order valence-electron chi connectivity index (χ3n) is 26.4. The molecule has 6 fully saturated rings. The van der Waals surface area contributed by atoms with Crippen LogP contribution in [-0.4, -0.2) is 88.8 Å². The fourth-order valence-corrected chi connectivity index (χ4v) is 21.2. The number of hydrogen-bond donors (Lipinski definition) is 0. The molecule has 0 N–H and O–H groups in total. The summed E-state index contributed by atoms with van der Waals surface area (Å²) >= 11 is 0. The van der Waals surface area contributed by atoms with Crippen molar-refractivity contribution in [2.24, 2.45) is 92.7 Å². The number of nitrogens with zero attached hydrogens (tertiary/aromatic N) is 2. The molecule has 0 amide bonds. The van der Waals surface area contributed by atoms with Crippen molar-refractivity contribution in [1.29, 1.82) is 0 Å². The molecule has 0 aromatic rings. The van der Waals surface area contributed by atoms with E-state index < -0.39 is 0 Å². The fourth-order valence-electron chi connectivity index (χ4n) is 21.2. The van der Waals surface area contributed by atoms with Gasteiger partial charge in [-0.15, -0.1) is 0 Å². The number of likely N-dealkylation sites (N-methyl/N-ethyl adjacent to an activating group) is 2. The smallest absolute Gasteiger partial charge is 0.102 e. The molecular weight excluding hydrogens is 949 g/mol. The van der Waals surface area contributed by atoms with Crippen LogP contribution in [0.15, 0.2) is 23.3 Å². The van der Waals surface area contributed by atoms with Crippen LogP contribution in [0.25, 0.3) is 0 Å². The second kappa shape index (κ2) is 27.6. The average molecular weight is 1080 g/mol. The third kappa shape index (κ3) is 15.0. The van der Waals surface area contributed by atoms with Crippen LogP contribution < -0.4 is 0 Å². The van der Waals surface area contributed by atoms with E-state index in [1.54, 1.807) is 11.1 Å². The van der Waals surface area contributed by atoms with Gasteiger partial charge in [-0.25, -0.2) is 0 Å². The first kappa shape index (κ1) is 63.3. The van der Waals surface area contributed by atoms with Crippen molar-refractivity contribution in [3.8, 4) is 0 Å². The van der Waals surface area contributed by atoms with E-state index in [-0.39, 0.29) is 0 Å². The first-order valence-electron chi connectivity index (χ1n) is 35.3. The molecule has 0 unspecified atom stereocenters. The lowest BCUT2D eigenvalue weighted by atomic mass is 9.47. The third-order valence-corrected chi connectivity index (χ3v) is 26.4. The SMILES string of the molecule is CC(C)CCC[C@@H](C)[C@H]1CC[C@H]2[C@@H]3CC=C4C[C@@H](OCC[N+](C)(C)CCCCCCCCCCCC[N+](C)(C)CCO[C@H]5CC[C@@]6(C)C(=CC[C@H]7[C@@H]8CC[C@H]([C@H](C)CCCC(C)C)[C@@]8(C)CC[C@@H]76)C5)CC[C@]4(C)[C@H]3CC[C@]12C. The van der Waals surface area contributed by atoms with Gasteiger partial charge < -0.3 is 18.4 Å². The molecule has 78 heavy (non-hydrogen) atoms. The van der Waals surface area contributed by atoms with E-state index in [9.17, 15) is 0 Å². The molecule has 0 bridgehead atoms. The maximum Gasteiger partial charge on any atom is 0.102 e. The van der Waals surface area contributed by atoms with E-state index in [2.05, 4.69) is 110 Å². The van der Waals surface area contributed by atoms with Gasteiger partial charge in [0.2, 0.25) is 0 Å². The van der Waals surface area contributed by atoms with E-state index in [4.69, 9.17) is 9.47 Å². The molecule has 0 aliphatic heterocycles. The number of ether oxygens (including phenoxy) is 2. The highest BCUT2D eigenvalue weighted by Gasteiger charge is 2.61. The lowest BCUT2D eigenvalue weighted by Gasteiger charge is -2.58. The van der Waals surface area contributed by atoms with Crippen LogP contribution in [0, 0.1) is 92.7 Å². The molecule has 450 valence electrons. The normalized spacial score (nSPS) is 37.5. The van der Waals surface area contributed by atoms with Crippen molar-refractivity contribution < 1.29 is 18.4 Å². The molecule has 6 saturated carbocycles. The molecular formula is C74H134N2O2+2. The summed E-state index contributed by atoms with van der Waals surface area (Å²) < 4.78 is 15.7. The van der Waals surface area contributed by atoms with E-state index in [0.29, 0.717) is 33.9 Å². The molecule has 0 aromatic carbocycles. The minimum Gasteiger partial charge on any atom is -0.372 e. The minimum absolute atomic E-state index is 0.425. The molecule has 16 atom stereocenters. The van der Waals surface area contributed by atoms with Crippen molar-refractivity contribution in [3.05, 3.63) is 23.3 Å². The molecule has 8 aliphatic carbocycles. The van der Waals surface area contributed by atoms with Crippen LogP contribution in [-0.2, 0) is 9.47 Å². The summed E-state index contributed by atoms with van der Waals surface area (Å²) in [6.45, 7) is 32.5. The average Bonchev–Trinajstić information content (AvgIpc) is 4.14. The Balaban J connectivity index is 0.625. The first-order valence-corrected chi connectivity index (χ1v) is 35.3. The topological polar surface area (TPSA) is 18.5 Å². The molecule has 4 heteroatoms. The molecule has 0 radical (unpaired) electrons. The second-order valence-corrected chi connectivity index (χ2v) is 33.4. The van der Waals surface area contributed by atoms with Crippen molar-refractivity contribution in [2.75, 3.05) is 67.6 Å². The summed E-state index contributed by atoms with van der Waals surface area (Å²) in [7, 11) is 9.80. The summed E-state index contributed by atoms with van der Waals surface area (Å²) in [5, 5.41) is 0. The van der Waals surface area contributed by atoms with Crippen LogP contribution in [0.3, 0.4) is 0 Å². The zero-order valence-electron chi connectivity index (χ0n) is 54.8. The lowest BCUT2D eigenvalue weighted by Crippen LogP contribution is -2.51. The van der Waals surface area contributed by atoms with Crippen molar-refractivity contribution in [1.82, 2.24) is 0 Å². The number of allylic oxidation sites excluding steroid dienone is 2. The van der Waals surface area contributed by atoms with Gasteiger partial charge in [-0.1, -0.05) is 170 Å². The van der Waals surface area contributed by atoms with Gasteiger partial charge >= 0.3 is 0 Å². The van der Waals surface area contributed by atoms with Crippen LogP contribution >= 0.6 is 0 Å². The summed E-state index contributed by atoms with van der Waals surface area (Å²) in [5.41, 5.74) is 5.60. The Hall–Kier alpha value is -0.680. The van der Waals surface area contributed by atoms with Gasteiger partial charge in [0.05, 0.1) is 66.7 Å². The van der Waals surface area contributed by atoms with Crippen LogP contribution in [0.4, 0.5) is 0 Å².